The highest BCUT2D eigenvalue weighted by Gasteiger charge is 1.89. The van der Waals surface area contributed by atoms with E-state index in [1.807, 2.05) is 0 Å². The standard InChI is InChI=1S/C9H11I.C7H6BrI.CH5N/c1-2-3-8-4-6-9(10)7-5-8;8-5-6-1-3-7(9)4-2-6;1-2/h4-7H,2-3H2,1H3;1-4H,5H2;2H2,1H3. The van der Waals surface area contributed by atoms with E-state index in [-0.39, 0.29) is 0 Å². The summed E-state index contributed by atoms with van der Waals surface area (Å²) >= 11 is 8.00. The predicted molar refractivity (Wildman–Crippen MR) is 115 cm³/mol. The van der Waals surface area contributed by atoms with Gasteiger partial charge in [-0.3, -0.25) is 0 Å². The van der Waals surface area contributed by atoms with Crippen LogP contribution in [0.15, 0.2) is 48.5 Å². The van der Waals surface area contributed by atoms with Crippen LogP contribution in [0.1, 0.15) is 24.5 Å². The Balaban J connectivity index is 0.000000342. The fraction of sp³-hybridized carbons (Fsp3) is 0.294. The molecule has 0 amide bonds. The molecule has 0 aliphatic rings. The van der Waals surface area contributed by atoms with Crippen LogP contribution in [-0.2, 0) is 11.8 Å². The Kier molecular flexibility index (Phi) is 14.2. The molecule has 0 saturated carbocycles. The first-order valence-corrected chi connectivity index (χ1v) is 10.1. The Bertz CT molecular complexity index is 469. The molecule has 1 nitrogen and oxygen atoms in total. The maximum atomic E-state index is 4.50. The molecule has 0 heterocycles. The van der Waals surface area contributed by atoms with Gasteiger partial charge in [-0.15, -0.1) is 0 Å². The number of alkyl halides is 1. The first-order valence-electron chi connectivity index (χ1n) is 6.78. The lowest BCUT2D eigenvalue weighted by Gasteiger charge is -1.96. The molecule has 2 N–H and O–H groups in total. The minimum absolute atomic E-state index is 0.948. The van der Waals surface area contributed by atoms with Gasteiger partial charge in [0.2, 0.25) is 0 Å². The average Bonchev–Trinajstić information content (AvgIpc) is 2.53. The van der Waals surface area contributed by atoms with Crippen molar-refractivity contribution in [1.82, 2.24) is 0 Å². The van der Waals surface area contributed by atoms with E-state index in [0.29, 0.717) is 0 Å². The van der Waals surface area contributed by atoms with Gasteiger partial charge in [-0.05, 0) is 94.0 Å². The third-order valence-electron chi connectivity index (χ3n) is 2.52. The molecule has 0 bridgehead atoms. The summed E-state index contributed by atoms with van der Waals surface area (Å²) in [5, 5.41) is 0.948. The Morgan fingerprint density at radius 3 is 1.52 bits per heavy atom. The summed E-state index contributed by atoms with van der Waals surface area (Å²) in [5.41, 5.74) is 7.28. The van der Waals surface area contributed by atoms with E-state index in [4.69, 9.17) is 0 Å². The van der Waals surface area contributed by atoms with Gasteiger partial charge in [0.05, 0.1) is 0 Å². The van der Waals surface area contributed by atoms with E-state index in [2.05, 4.69) is 122 Å². The Morgan fingerprint density at radius 2 is 1.19 bits per heavy atom. The fourth-order valence-corrected chi connectivity index (χ4v) is 2.61. The van der Waals surface area contributed by atoms with Gasteiger partial charge in [0.15, 0.2) is 0 Å². The van der Waals surface area contributed by atoms with Crippen molar-refractivity contribution in [2.24, 2.45) is 5.73 Å². The molecule has 21 heavy (non-hydrogen) atoms. The van der Waals surface area contributed by atoms with Crippen molar-refractivity contribution >= 4 is 61.1 Å². The molecule has 0 aliphatic carbocycles. The normalized spacial score (nSPS) is 9.05. The van der Waals surface area contributed by atoms with Crippen LogP contribution in [0.3, 0.4) is 0 Å². The van der Waals surface area contributed by atoms with Crippen LogP contribution < -0.4 is 5.73 Å². The Labute approximate surface area is 164 Å². The largest absolute Gasteiger partial charge is 0.333 e. The summed E-state index contributed by atoms with van der Waals surface area (Å²) in [6.45, 7) is 2.21. The number of halogens is 3. The smallest absolute Gasteiger partial charge is 0.0283 e. The molecule has 0 aliphatic heterocycles. The van der Waals surface area contributed by atoms with E-state index in [1.165, 1.54) is 38.2 Å². The topological polar surface area (TPSA) is 26.0 Å². The summed E-state index contributed by atoms with van der Waals surface area (Å²) in [6, 6.07) is 17.2. The molecular weight excluding hydrogens is 552 g/mol. The fourth-order valence-electron chi connectivity index (χ4n) is 1.51. The SMILES string of the molecule is BrCc1ccc(I)cc1.CCCc1ccc(I)cc1.CN. The quantitative estimate of drug-likeness (QED) is 0.353. The van der Waals surface area contributed by atoms with E-state index in [0.717, 1.165) is 5.33 Å². The van der Waals surface area contributed by atoms with Gasteiger partial charge in [0.1, 0.15) is 0 Å². The maximum Gasteiger partial charge on any atom is 0.0283 e. The van der Waals surface area contributed by atoms with Gasteiger partial charge in [-0.2, -0.15) is 0 Å². The minimum Gasteiger partial charge on any atom is -0.333 e. The molecule has 0 spiro atoms. The lowest BCUT2D eigenvalue weighted by atomic mass is 10.1. The van der Waals surface area contributed by atoms with E-state index >= 15 is 0 Å². The van der Waals surface area contributed by atoms with Crippen LogP contribution in [-0.4, -0.2) is 7.05 Å². The number of rotatable bonds is 3. The first-order chi connectivity index (χ1) is 10.2. The number of nitrogens with two attached hydrogens (primary N) is 1. The number of hydrogen-bond donors (Lipinski definition) is 1. The molecule has 2 aromatic rings. The van der Waals surface area contributed by atoms with Crippen LogP contribution >= 0.6 is 61.1 Å². The molecule has 2 aromatic carbocycles. The Hall–Kier alpha value is 0.340. The molecule has 0 aromatic heterocycles. The molecule has 0 unspecified atom stereocenters. The van der Waals surface area contributed by atoms with Crippen LogP contribution in [0.4, 0.5) is 0 Å². The molecular formula is C17H22BrI2N. The van der Waals surface area contributed by atoms with Crippen LogP contribution in [0.25, 0.3) is 0 Å². The van der Waals surface area contributed by atoms with Crippen molar-refractivity contribution < 1.29 is 0 Å². The zero-order valence-corrected chi connectivity index (χ0v) is 18.4. The molecule has 116 valence electrons. The highest BCUT2D eigenvalue weighted by atomic mass is 127. The van der Waals surface area contributed by atoms with Crippen molar-refractivity contribution in [2.45, 2.75) is 25.1 Å². The highest BCUT2D eigenvalue weighted by Crippen LogP contribution is 2.09. The van der Waals surface area contributed by atoms with Crippen LogP contribution in [0, 0.1) is 7.14 Å². The van der Waals surface area contributed by atoms with Crippen LogP contribution in [0.5, 0.6) is 0 Å². The van der Waals surface area contributed by atoms with Gasteiger partial charge < -0.3 is 5.73 Å². The van der Waals surface area contributed by atoms with Gasteiger partial charge in [0.25, 0.3) is 0 Å². The molecule has 0 radical (unpaired) electrons. The lowest BCUT2D eigenvalue weighted by molar-refractivity contribution is 0.921. The van der Waals surface area contributed by atoms with Gasteiger partial charge in [-0.25, -0.2) is 0 Å². The second kappa shape index (κ2) is 14.0. The highest BCUT2D eigenvalue weighted by molar-refractivity contribution is 14.1. The van der Waals surface area contributed by atoms with Gasteiger partial charge >= 0.3 is 0 Å². The monoisotopic (exact) mass is 573 g/mol. The maximum absolute atomic E-state index is 4.50. The van der Waals surface area contributed by atoms with Crippen LogP contribution in [0.2, 0.25) is 0 Å². The Morgan fingerprint density at radius 1 is 0.810 bits per heavy atom. The third-order valence-corrected chi connectivity index (χ3v) is 4.61. The summed E-state index contributed by atoms with van der Waals surface area (Å²) in [7, 11) is 1.50. The van der Waals surface area contributed by atoms with E-state index in [9.17, 15) is 0 Å². The molecule has 0 saturated heterocycles. The lowest BCUT2D eigenvalue weighted by Crippen LogP contribution is -1.81. The zero-order chi connectivity index (χ0) is 16.1. The molecule has 2 rings (SSSR count). The predicted octanol–water partition coefficient (Wildman–Crippen LogP) is 6.00. The average molecular weight is 574 g/mol. The number of hydrogen-bond acceptors (Lipinski definition) is 1. The number of benzene rings is 2. The minimum atomic E-state index is 0.948. The van der Waals surface area contributed by atoms with Crippen molar-refractivity contribution in [3.63, 3.8) is 0 Å². The van der Waals surface area contributed by atoms with E-state index < -0.39 is 0 Å². The van der Waals surface area contributed by atoms with Crippen molar-refractivity contribution in [1.29, 1.82) is 0 Å². The van der Waals surface area contributed by atoms with E-state index in [1.54, 1.807) is 0 Å². The third kappa shape index (κ3) is 10.7. The molecule has 0 atom stereocenters. The van der Waals surface area contributed by atoms with Gasteiger partial charge in [-0.1, -0.05) is 53.5 Å². The van der Waals surface area contributed by atoms with Crippen molar-refractivity contribution in [3.05, 3.63) is 66.8 Å². The van der Waals surface area contributed by atoms with Crippen molar-refractivity contribution in [2.75, 3.05) is 7.05 Å². The molecule has 0 fully saturated rings. The summed E-state index contributed by atoms with van der Waals surface area (Å²) in [4.78, 5) is 0. The first kappa shape index (κ1) is 21.3. The summed E-state index contributed by atoms with van der Waals surface area (Å²) in [5.74, 6) is 0. The zero-order valence-electron chi connectivity index (χ0n) is 12.5. The molecule has 4 heteroatoms. The summed E-state index contributed by atoms with van der Waals surface area (Å²) in [6.07, 6.45) is 2.44. The van der Waals surface area contributed by atoms with Crippen molar-refractivity contribution in [3.8, 4) is 0 Å². The number of aryl methyl sites for hydroxylation is 1. The second-order valence-electron chi connectivity index (χ2n) is 4.14. The second-order valence-corrected chi connectivity index (χ2v) is 7.19. The summed E-state index contributed by atoms with van der Waals surface area (Å²) < 4.78 is 2.61. The van der Waals surface area contributed by atoms with Gasteiger partial charge in [0, 0.05) is 12.5 Å².